The van der Waals surface area contributed by atoms with Crippen molar-refractivity contribution >= 4 is 11.0 Å². The average molecular weight is 432 g/mol. The van der Waals surface area contributed by atoms with Gasteiger partial charge < -0.3 is 24.5 Å². The Bertz CT molecular complexity index is 1310. The van der Waals surface area contributed by atoms with Gasteiger partial charge in [-0.3, -0.25) is 4.79 Å². The topological polar surface area (TPSA) is 100 Å². The minimum absolute atomic E-state index is 0.0749. The molecule has 0 aliphatic carbocycles. The fourth-order valence-electron chi connectivity index (χ4n) is 3.86. The number of aromatic hydroxyl groups is 3. The van der Waals surface area contributed by atoms with Crippen molar-refractivity contribution in [1.82, 2.24) is 0 Å². The molecule has 0 amide bonds. The first-order valence-corrected chi connectivity index (χ1v) is 10.4. The quantitative estimate of drug-likeness (QED) is 0.349. The molecule has 0 aliphatic rings. The molecular weight excluding hydrogens is 408 g/mol. The SMILES string of the molecule is COc1cc(O)c2c(=O)c(CCCCc3ccccc3)c(-c3ccc(O)cc3O)oc2c1. The molecule has 6 heteroatoms. The van der Waals surface area contributed by atoms with Gasteiger partial charge in [0, 0.05) is 23.8 Å². The van der Waals surface area contributed by atoms with Crippen molar-refractivity contribution in [1.29, 1.82) is 0 Å². The Balaban J connectivity index is 1.77. The van der Waals surface area contributed by atoms with Crippen molar-refractivity contribution in [3.8, 4) is 34.3 Å². The number of phenols is 3. The molecule has 0 saturated carbocycles. The van der Waals surface area contributed by atoms with Gasteiger partial charge in [0.1, 0.15) is 39.7 Å². The molecule has 4 rings (SSSR count). The van der Waals surface area contributed by atoms with E-state index in [1.165, 1.54) is 43.0 Å². The van der Waals surface area contributed by atoms with Gasteiger partial charge in [-0.25, -0.2) is 0 Å². The van der Waals surface area contributed by atoms with Crippen LogP contribution in [0.2, 0.25) is 0 Å². The van der Waals surface area contributed by atoms with Crippen LogP contribution < -0.4 is 10.2 Å². The van der Waals surface area contributed by atoms with Gasteiger partial charge in [-0.15, -0.1) is 0 Å². The van der Waals surface area contributed by atoms with Gasteiger partial charge in [-0.2, -0.15) is 0 Å². The maximum absolute atomic E-state index is 13.4. The van der Waals surface area contributed by atoms with E-state index in [1.807, 2.05) is 18.2 Å². The lowest BCUT2D eigenvalue weighted by atomic mass is 9.98. The second-order valence-electron chi connectivity index (χ2n) is 7.65. The monoisotopic (exact) mass is 432 g/mol. The van der Waals surface area contributed by atoms with Crippen LogP contribution in [0.15, 0.2) is 69.9 Å². The zero-order chi connectivity index (χ0) is 22.7. The second kappa shape index (κ2) is 9.06. The molecule has 0 fully saturated rings. The van der Waals surface area contributed by atoms with Crippen LogP contribution in [0.3, 0.4) is 0 Å². The summed E-state index contributed by atoms with van der Waals surface area (Å²) in [6.07, 6.45) is 2.86. The third kappa shape index (κ3) is 4.25. The smallest absolute Gasteiger partial charge is 0.200 e. The van der Waals surface area contributed by atoms with Crippen LogP contribution in [-0.2, 0) is 12.8 Å². The molecule has 0 aliphatic heterocycles. The lowest BCUT2D eigenvalue weighted by Crippen LogP contribution is -2.12. The van der Waals surface area contributed by atoms with Crippen molar-refractivity contribution in [2.24, 2.45) is 0 Å². The molecule has 0 atom stereocenters. The molecule has 4 aromatic rings. The van der Waals surface area contributed by atoms with Crippen LogP contribution in [0, 0.1) is 0 Å². The van der Waals surface area contributed by atoms with Crippen LogP contribution in [0.4, 0.5) is 0 Å². The lowest BCUT2D eigenvalue weighted by molar-refractivity contribution is 0.408. The molecule has 32 heavy (non-hydrogen) atoms. The maximum Gasteiger partial charge on any atom is 0.200 e. The molecule has 3 N–H and O–H groups in total. The summed E-state index contributed by atoms with van der Waals surface area (Å²) in [5, 5.41) is 30.6. The van der Waals surface area contributed by atoms with Crippen LogP contribution in [0.1, 0.15) is 24.0 Å². The fraction of sp³-hybridized carbons (Fsp3) is 0.192. The fourth-order valence-corrected chi connectivity index (χ4v) is 3.86. The highest BCUT2D eigenvalue weighted by atomic mass is 16.5. The maximum atomic E-state index is 13.4. The first-order valence-electron chi connectivity index (χ1n) is 10.4. The van der Waals surface area contributed by atoms with Crippen LogP contribution >= 0.6 is 0 Å². The Morgan fingerprint density at radius 2 is 1.62 bits per heavy atom. The van der Waals surface area contributed by atoms with Gasteiger partial charge in [0.15, 0.2) is 5.43 Å². The Kier molecular flexibility index (Phi) is 6.03. The third-order valence-electron chi connectivity index (χ3n) is 5.49. The standard InChI is InChI=1S/C26H24O6/c1-31-18-14-22(29)24-23(15-18)32-26(19-12-11-17(27)13-21(19)28)20(25(24)30)10-6-5-9-16-7-3-2-4-8-16/h2-4,7-8,11-15,27-29H,5-6,9-10H2,1H3. The van der Waals surface area contributed by atoms with E-state index in [0.717, 1.165) is 12.8 Å². The van der Waals surface area contributed by atoms with E-state index in [4.69, 9.17) is 9.15 Å². The number of hydrogen-bond acceptors (Lipinski definition) is 6. The molecule has 1 aromatic heterocycles. The molecule has 0 bridgehead atoms. The Labute approximate surface area is 185 Å². The van der Waals surface area contributed by atoms with E-state index < -0.39 is 0 Å². The van der Waals surface area contributed by atoms with Gasteiger partial charge in [-0.05, 0) is 43.4 Å². The summed E-state index contributed by atoms with van der Waals surface area (Å²) in [4.78, 5) is 13.4. The number of ether oxygens (including phenoxy) is 1. The second-order valence-corrected chi connectivity index (χ2v) is 7.65. The van der Waals surface area contributed by atoms with Crippen LogP contribution in [-0.4, -0.2) is 22.4 Å². The highest BCUT2D eigenvalue weighted by Gasteiger charge is 2.21. The first kappa shape index (κ1) is 21.3. The number of unbranched alkanes of at least 4 members (excludes halogenated alkanes) is 1. The number of hydrogen-bond donors (Lipinski definition) is 3. The number of rotatable bonds is 7. The van der Waals surface area contributed by atoms with E-state index in [2.05, 4.69) is 12.1 Å². The van der Waals surface area contributed by atoms with Crippen molar-refractivity contribution in [2.75, 3.05) is 7.11 Å². The van der Waals surface area contributed by atoms with Crippen molar-refractivity contribution < 1.29 is 24.5 Å². The van der Waals surface area contributed by atoms with Crippen molar-refractivity contribution in [2.45, 2.75) is 25.7 Å². The summed E-state index contributed by atoms with van der Waals surface area (Å²) in [6.45, 7) is 0. The third-order valence-corrected chi connectivity index (χ3v) is 5.49. The van der Waals surface area contributed by atoms with E-state index >= 15 is 0 Å². The highest BCUT2D eigenvalue weighted by molar-refractivity contribution is 5.87. The summed E-state index contributed by atoms with van der Waals surface area (Å²) in [5.41, 5.74) is 1.68. The molecule has 3 aromatic carbocycles. The van der Waals surface area contributed by atoms with Crippen LogP contribution in [0.25, 0.3) is 22.3 Å². The van der Waals surface area contributed by atoms with E-state index in [-0.39, 0.29) is 39.4 Å². The zero-order valence-corrected chi connectivity index (χ0v) is 17.7. The molecule has 6 nitrogen and oxygen atoms in total. The summed E-state index contributed by atoms with van der Waals surface area (Å²) in [5.74, 6) is 0.0328. The summed E-state index contributed by atoms with van der Waals surface area (Å²) < 4.78 is 11.2. The van der Waals surface area contributed by atoms with Crippen molar-refractivity contribution in [3.63, 3.8) is 0 Å². The van der Waals surface area contributed by atoms with Gasteiger partial charge >= 0.3 is 0 Å². The summed E-state index contributed by atoms with van der Waals surface area (Å²) in [7, 11) is 1.45. The predicted octanol–water partition coefficient (Wildman–Crippen LogP) is 5.15. The number of phenolic OH excluding ortho intramolecular Hbond substituents is 3. The molecule has 0 saturated heterocycles. The number of fused-ring (bicyclic) bond motifs is 1. The van der Waals surface area contributed by atoms with Crippen LogP contribution in [0.5, 0.6) is 23.0 Å². The zero-order valence-electron chi connectivity index (χ0n) is 17.7. The average Bonchev–Trinajstić information content (AvgIpc) is 2.78. The van der Waals surface area contributed by atoms with Gasteiger partial charge in [-0.1, -0.05) is 30.3 Å². The Morgan fingerprint density at radius 1 is 0.875 bits per heavy atom. The molecule has 0 spiro atoms. The minimum Gasteiger partial charge on any atom is -0.508 e. The molecular formula is C26H24O6. The summed E-state index contributed by atoms with van der Waals surface area (Å²) >= 11 is 0. The predicted molar refractivity (Wildman–Crippen MR) is 123 cm³/mol. The van der Waals surface area contributed by atoms with E-state index in [0.29, 0.717) is 29.7 Å². The minimum atomic E-state index is -0.353. The normalized spacial score (nSPS) is 11.0. The summed E-state index contributed by atoms with van der Waals surface area (Å²) in [6, 6.07) is 17.1. The number of benzene rings is 3. The van der Waals surface area contributed by atoms with Crippen molar-refractivity contribution in [3.05, 3.63) is 82.0 Å². The molecule has 0 radical (unpaired) electrons. The molecule has 164 valence electrons. The van der Waals surface area contributed by atoms with E-state index in [9.17, 15) is 20.1 Å². The largest absolute Gasteiger partial charge is 0.508 e. The van der Waals surface area contributed by atoms with Gasteiger partial charge in [0.2, 0.25) is 0 Å². The number of aryl methyl sites for hydroxylation is 1. The van der Waals surface area contributed by atoms with Gasteiger partial charge in [0.25, 0.3) is 0 Å². The first-order chi connectivity index (χ1) is 15.5. The molecule has 1 heterocycles. The van der Waals surface area contributed by atoms with E-state index in [1.54, 1.807) is 0 Å². The van der Waals surface area contributed by atoms with Gasteiger partial charge in [0.05, 0.1) is 12.7 Å². The highest BCUT2D eigenvalue weighted by Crippen LogP contribution is 2.37. The number of methoxy groups -OCH3 is 1. The lowest BCUT2D eigenvalue weighted by Gasteiger charge is -2.13. The Morgan fingerprint density at radius 3 is 2.34 bits per heavy atom. The Hall–Kier alpha value is -3.93. The molecule has 0 unspecified atom stereocenters.